The van der Waals surface area contributed by atoms with Gasteiger partial charge in [-0.25, -0.2) is 9.78 Å². The number of para-hydroxylation sites is 1. The van der Waals surface area contributed by atoms with Crippen molar-refractivity contribution in [3.05, 3.63) is 41.4 Å². The Morgan fingerprint density at radius 1 is 1.16 bits per heavy atom. The Bertz CT molecular complexity index is 1010. The fourth-order valence-electron chi connectivity index (χ4n) is 4.41. The van der Waals surface area contributed by atoms with Gasteiger partial charge in [0, 0.05) is 12.3 Å². The van der Waals surface area contributed by atoms with E-state index in [1.807, 2.05) is 30.3 Å². The number of thiazole rings is 1. The van der Waals surface area contributed by atoms with Crippen LogP contribution in [-0.4, -0.2) is 39.6 Å². The first-order chi connectivity index (χ1) is 15.4. The third kappa shape index (κ3) is 4.17. The number of esters is 1. The minimum atomic E-state index is -0.975. The fourth-order valence-corrected chi connectivity index (χ4v) is 5.28. The Kier molecular flexibility index (Phi) is 6.36. The van der Waals surface area contributed by atoms with E-state index in [2.05, 4.69) is 4.98 Å². The van der Waals surface area contributed by atoms with E-state index in [1.54, 1.807) is 5.38 Å². The lowest BCUT2D eigenvalue weighted by atomic mass is 9.81. The zero-order valence-electron chi connectivity index (χ0n) is 18.0. The predicted molar refractivity (Wildman–Crippen MR) is 118 cm³/mol. The number of nitrogens with zero attached hydrogens (tertiary/aromatic N) is 3. The van der Waals surface area contributed by atoms with Crippen LogP contribution in [0.25, 0.3) is 0 Å². The van der Waals surface area contributed by atoms with Crippen LogP contribution in [-0.2, 0) is 30.5 Å². The molecule has 9 heteroatoms. The van der Waals surface area contributed by atoms with Gasteiger partial charge in [0.1, 0.15) is 12.6 Å². The Hall–Kier alpha value is -3.07. The molecule has 32 heavy (non-hydrogen) atoms. The maximum absolute atomic E-state index is 12.7. The lowest BCUT2D eigenvalue weighted by Gasteiger charge is -2.21. The van der Waals surface area contributed by atoms with E-state index in [4.69, 9.17) is 4.74 Å². The first-order valence-electron chi connectivity index (χ1n) is 10.7. The van der Waals surface area contributed by atoms with Crippen LogP contribution in [0.5, 0.6) is 0 Å². The summed E-state index contributed by atoms with van der Waals surface area (Å²) in [5.41, 5.74) is 1.18. The third-order valence-electron chi connectivity index (χ3n) is 6.03. The molecule has 0 unspecified atom stereocenters. The summed E-state index contributed by atoms with van der Waals surface area (Å²) in [6.45, 7) is 2.87. The largest absolute Gasteiger partial charge is 0.458 e. The van der Waals surface area contributed by atoms with Crippen LogP contribution in [0.2, 0.25) is 0 Å². The van der Waals surface area contributed by atoms with E-state index < -0.39 is 12.0 Å². The van der Waals surface area contributed by atoms with Crippen molar-refractivity contribution in [3.8, 4) is 0 Å². The van der Waals surface area contributed by atoms with Crippen molar-refractivity contribution in [1.82, 2.24) is 9.88 Å². The van der Waals surface area contributed by atoms with E-state index in [-0.39, 0.29) is 36.2 Å². The molecule has 168 valence electrons. The molecule has 3 amide bonds. The SMILES string of the molecule is CC(=O)N(c1ccccc1)c1nc(COC(=O)[C@H](C)N2C(=O)[C@H]3CCCC[C@@H]3C2=O)cs1. The molecule has 8 nitrogen and oxygen atoms in total. The first kappa shape index (κ1) is 22.1. The quantitative estimate of drug-likeness (QED) is 0.489. The van der Waals surface area contributed by atoms with E-state index in [0.29, 0.717) is 29.4 Å². The minimum Gasteiger partial charge on any atom is -0.458 e. The summed E-state index contributed by atoms with van der Waals surface area (Å²) in [4.78, 5) is 57.2. The molecule has 4 rings (SSSR count). The minimum absolute atomic E-state index is 0.108. The number of benzene rings is 1. The highest BCUT2D eigenvalue weighted by atomic mass is 32.1. The number of imide groups is 1. The van der Waals surface area contributed by atoms with E-state index in [9.17, 15) is 19.2 Å². The summed E-state index contributed by atoms with van der Waals surface area (Å²) in [6, 6.07) is 8.18. The molecule has 3 atom stereocenters. The number of fused-ring (bicyclic) bond motifs is 1. The Balaban J connectivity index is 1.40. The van der Waals surface area contributed by atoms with Gasteiger partial charge in [-0.2, -0.15) is 0 Å². The van der Waals surface area contributed by atoms with Gasteiger partial charge in [0.05, 0.1) is 23.2 Å². The number of carbonyl (C=O) groups excluding carboxylic acids is 4. The average molecular weight is 456 g/mol. The summed E-state index contributed by atoms with van der Waals surface area (Å²) < 4.78 is 5.37. The van der Waals surface area contributed by atoms with Crippen molar-refractivity contribution in [1.29, 1.82) is 0 Å². The van der Waals surface area contributed by atoms with Crippen LogP contribution in [0.1, 0.15) is 45.2 Å². The lowest BCUT2D eigenvalue weighted by Crippen LogP contribution is -2.44. The lowest BCUT2D eigenvalue weighted by molar-refractivity contribution is -0.159. The predicted octanol–water partition coefficient (Wildman–Crippen LogP) is 3.43. The van der Waals surface area contributed by atoms with Gasteiger partial charge in [-0.1, -0.05) is 31.0 Å². The third-order valence-corrected chi connectivity index (χ3v) is 6.90. The van der Waals surface area contributed by atoms with Gasteiger partial charge in [0.15, 0.2) is 5.13 Å². The molecule has 2 aromatic rings. The van der Waals surface area contributed by atoms with Gasteiger partial charge < -0.3 is 4.74 Å². The summed E-state index contributed by atoms with van der Waals surface area (Å²) in [5, 5.41) is 2.18. The molecule has 2 aliphatic rings. The van der Waals surface area contributed by atoms with Gasteiger partial charge in [-0.15, -0.1) is 11.3 Å². The second-order valence-corrected chi connectivity index (χ2v) is 8.98. The molecule has 1 aliphatic heterocycles. The Morgan fingerprint density at radius 2 is 1.78 bits per heavy atom. The van der Waals surface area contributed by atoms with Gasteiger partial charge in [0.2, 0.25) is 17.7 Å². The Morgan fingerprint density at radius 3 is 2.38 bits per heavy atom. The number of aromatic nitrogens is 1. The van der Waals surface area contributed by atoms with Crippen molar-refractivity contribution < 1.29 is 23.9 Å². The number of hydrogen-bond donors (Lipinski definition) is 0. The van der Waals surface area contributed by atoms with Crippen LogP contribution < -0.4 is 4.90 Å². The molecule has 1 aromatic heterocycles. The van der Waals surface area contributed by atoms with Crippen molar-refractivity contribution in [3.63, 3.8) is 0 Å². The Labute approximate surface area is 190 Å². The zero-order chi connectivity index (χ0) is 22.8. The first-order valence-corrected chi connectivity index (χ1v) is 11.6. The van der Waals surface area contributed by atoms with Crippen molar-refractivity contribution in [2.75, 3.05) is 4.90 Å². The van der Waals surface area contributed by atoms with E-state index in [0.717, 1.165) is 17.7 Å². The molecule has 1 aromatic carbocycles. The molecular formula is C23H25N3O5S. The smallest absolute Gasteiger partial charge is 0.329 e. The van der Waals surface area contributed by atoms with E-state index in [1.165, 1.54) is 30.1 Å². The highest BCUT2D eigenvalue weighted by molar-refractivity contribution is 7.14. The van der Waals surface area contributed by atoms with Crippen molar-refractivity contribution in [2.45, 2.75) is 52.2 Å². The van der Waals surface area contributed by atoms with Gasteiger partial charge in [0.25, 0.3) is 0 Å². The molecule has 0 N–H and O–H groups in total. The number of hydrogen-bond acceptors (Lipinski definition) is 7. The van der Waals surface area contributed by atoms with Crippen LogP contribution in [0.3, 0.4) is 0 Å². The summed E-state index contributed by atoms with van der Waals surface area (Å²) in [6.07, 6.45) is 3.25. The van der Waals surface area contributed by atoms with Crippen molar-refractivity contribution >= 4 is 45.8 Å². The molecule has 0 radical (unpaired) electrons. The molecular weight excluding hydrogens is 430 g/mol. The second kappa shape index (κ2) is 9.20. The fraction of sp³-hybridized carbons (Fsp3) is 0.435. The molecule has 1 aliphatic carbocycles. The second-order valence-electron chi connectivity index (χ2n) is 8.14. The number of carbonyl (C=O) groups is 4. The number of ether oxygens (including phenoxy) is 1. The molecule has 2 fully saturated rings. The summed E-state index contributed by atoms with van der Waals surface area (Å²) >= 11 is 1.26. The molecule has 2 heterocycles. The van der Waals surface area contributed by atoms with Crippen LogP contribution in [0.15, 0.2) is 35.7 Å². The van der Waals surface area contributed by atoms with Gasteiger partial charge in [-0.05, 0) is 31.9 Å². The van der Waals surface area contributed by atoms with Crippen LogP contribution >= 0.6 is 11.3 Å². The summed E-state index contributed by atoms with van der Waals surface area (Å²) in [5.74, 6) is -1.96. The molecule has 1 saturated heterocycles. The number of anilines is 2. The topological polar surface area (TPSA) is 96.9 Å². The molecule has 0 bridgehead atoms. The van der Waals surface area contributed by atoms with Gasteiger partial charge in [-0.3, -0.25) is 24.2 Å². The maximum Gasteiger partial charge on any atom is 0.329 e. The highest BCUT2D eigenvalue weighted by Gasteiger charge is 2.51. The number of likely N-dealkylation sites (tertiary alicyclic amines) is 1. The monoisotopic (exact) mass is 455 g/mol. The number of amides is 3. The maximum atomic E-state index is 12.7. The molecule has 0 spiro atoms. The standard InChI is InChI=1S/C23H25N3O5S/c1-14(25-20(28)18-10-6-7-11-19(18)21(25)29)22(30)31-12-16-13-32-23(24-16)26(15(2)27)17-8-4-3-5-9-17/h3-5,8-9,13-14,18-19H,6-7,10-12H2,1-2H3/t14-,18-,19-/m0/s1. The van der Waals surface area contributed by atoms with Crippen molar-refractivity contribution in [2.24, 2.45) is 11.8 Å². The average Bonchev–Trinajstić information content (AvgIpc) is 3.35. The highest BCUT2D eigenvalue weighted by Crippen LogP contribution is 2.39. The van der Waals surface area contributed by atoms with Gasteiger partial charge >= 0.3 is 5.97 Å². The van der Waals surface area contributed by atoms with E-state index >= 15 is 0 Å². The normalized spacial score (nSPS) is 21.2. The summed E-state index contributed by atoms with van der Waals surface area (Å²) in [7, 11) is 0. The number of rotatable bonds is 6. The zero-order valence-corrected chi connectivity index (χ0v) is 18.8. The van der Waals surface area contributed by atoms with Crippen LogP contribution in [0, 0.1) is 11.8 Å². The van der Waals surface area contributed by atoms with Crippen LogP contribution in [0.4, 0.5) is 10.8 Å². The molecule has 1 saturated carbocycles.